The molecule has 0 saturated carbocycles. The molecule has 0 saturated heterocycles. The van der Waals surface area contributed by atoms with Crippen LogP contribution in [0.15, 0.2) is 34.7 Å². The lowest BCUT2D eigenvalue weighted by molar-refractivity contribution is -0.384. The first-order chi connectivity index (χ1) is 16.1. The Labute approximate surface area is 202 Å². The molecule has 3 aromatic rings. The number of carbonyl (C=O) groups is 3. The number of carbonyl (C=O) groups excluding carboxylic acids is 3. The minimum Gasteiger partial charge on any atom is -0.484 e. The molecule has 0 aliphatic carbocycles. The highest BCUT2D eigenvalue weighted by molar-refractivity contribution is 7.18. The average molecular weight is 507 g/mol. The quantitative estimate of drug-likeness (QED) is 0.175. The lowest BCUT2D eigenvalue weighted by atomic mass is 10.1. The zero-order valence-corrected chi connectivity index (χ0v) is 19.9. The van der Waals surface area contributed by atoms with E-state index in [0.29, 0.717) is 10.4 Å². The summed E-state index contributed by atoms with van der Waals surface area (Å²) in [4.78, 5) is 47.6. The normalized spacial score (nSPS) is 10.6. The summed E-state index contributed by atoms with van der Waals surface area (Å²) in [6.07, 6.45) is 0. The Kier molecular flexibility index (Phi) is 7.69. The topological polar surface area (TPSA) is 138 Å². The molecular formula is C22H19ClN2O8S. The molecule has 0 bridgehead atoms. The summed E-state index contributed by atoms with van der Waals surface area (Å²) in [5, 5.41) is 13.6. The van der Waals surface area contributed by atoms with Crippen molar-refractivity contribution in [1.82, 2.24) is 0 Å². The van der Waals surface area contributed by atoms with Crippen LogP contribution in [0.3, 0.4) is 0 Å². The predicted molar refractivity (Wildman–Crippen MR) is 124 cm³/mol. The van der Waals surface area contributed by atoms with Crippen molar-refractivity contribution in [2.75, 3.05) is 11.9 Å². The molecule has 0 radical (unpaired) electrons. The third-order valence-corrected chi connectivity index (χ3v) is 6.16. The van der Waals surface area contributed by atoms with Crippen LogP contribution in [0.25, 0.3) is 0 Å². The van der Waals surface area contributed by atoms with Crippen molar-refractivity contribution < 1.29 is 33.2 Å². The first-order valence-corrected chi connectivity index (χ1v) is 11.1. The fraction of sp³-hybridized carbons (Fsp3) is 0.227. The molecule has 0 aliphatic rings. The number of nitrogens with one attached hydrogen (secondary N) is 1. The fourth-order valence-electron chi connectivity index (χ4n) is 3.00. The molecule has 0 fully saturated rings. The van der Waals surface area contributed by atoms with Crippen LogP contribution in [-0.2, 0) is 11.3 Å². The third kappa shape index (κ3) is 5.43. The van der Waals surface area contributed by atoms with Crippen molar-refractivity contribution in [2.24, 2.45) is 0 Å². The van der Waals surface area contributed by atoms with Gasteiger partial charge in [-0.1, -0.05) is 11.6 Å². The van der Waals surface area contributed by atoms with Gasteiger partial charge in [0.25, 0.3) is 11.6 Å². The second-order valence-electron chi connectivity index (χ2n) is 6.92. The largest absolute Gasteiger partial charge is 0.484 e. The van der Waals surface area contributed by atoms with Gasteiger partial charge in [-0.15, -0.1) is 11.3 Å². The first kappa shape index (κ1) is 24.9. The van der Waals surface area contributed by atoms with Gasteiger partial charge in [0.15, 0.2) is 11.5 Å². The van der Waals surface area contributed by atoms with Crippen LogP contribution in [0.2, 0.25) is 5.02 Å². The van der Waals surface area contributed by atoms with Crippen LogP contribution in [-0.4, -0.2) is 29.2 Å². The van der Waals surface area contributed by atoms with E-state index in [0.717, 1.165) is 17.4 Å². The van der Waals surface area contributed by atoms with Crippen molar-refractivity contribution >= 4 is 51.3 Å². The Morgan fingerprint density at radius 1 is 1.24 bits per heavy atom. The van der Waals surface area contributed by atoms with Gasteiger partial charge in [0.1, 0.15) is 23.1 Å². The molecule has 3 rings (SSSR count). The molecular weight excluding hydrogens is 488 g/mol. The smallest absolute Gasteiger partial charge is 0.341 e. The zero-order valence-electron chi connectivity index (χ0n) is 18.3. The van der Waals surface area contributed by atoms with Crippen molar-refractivity contribution in [3.8, 4) is 5.75 Å². The van der Waals surface area contributed by atoms with Gasteiger partial charge in [-0.3, -0.25) is 19.7 Å². The number of anilines is 1. The first-order valence-electron chi connectivity index (χ1n) is 9.90. The Bertz CT molecular complexity index is 1280. The number of halogens is 1. The molecule has 0 unspecified atom stereocenters. The number of Topliss-reactive ketones (excluding diaryl/α,β-unsaturated/α-hetero) is 1. The van der Waals surface area contributed by atoms with E-state index in [9.17, 15) is 24.5 Å². The van der Waals surface area contributed by atoms with Gasteiger partial charge in [0.05, 0.1) is 27.0 Å². The fourth-order valence-corrected chi connectivity index (χ4v) is 4.31. The van der Waals surface area contributed by atoms with Gasteiger partial charge >= 0.3 is 5.97 Å². The number of ketones is 1. The molecule has 0 atom stereocenters. The van der Waals surface area contributed by atoms with E-state index in [4.69, 9.17) is 25.5 Å². The Morgan fingerprint density at radius 2 is 1.97 bits per heavy atom. The van der Waals surface area contributed by atoms with Crippen LogP contribution in [0.4, 0.5) is 10.7 Å². The van der Waals surface area contributed by atoms with Crippen molar-refractivity contribution in [1.29, 1.82) is 0 Å². The minimum absolute atomic E-state index is 0.0551. The van der Waals surface area contributed by atoms with Crippen LogP contribution in [0, 0.1) is 17.0 Å². The van der Waals surface area contributed by atoms with E-state index in [2.05, 4.69) is 5.32 Å². The summed E-state index contributed by atoms with van der Waals surface area (Å²) >= 11 is 6.98. The predicted octanol–water partition coefficient (Wildman–Crippen LogP) is 5.42. The number of esters is 1. The molecule has 0 spiro atoms. The van der Waals surface area contributed by atoms with E-state index in [1.807, 2.05) is 0 Å². The number of hydrogen-bond acceptors (Lipinski definition) is 9. The maximum Gasteiger partial charge on any atom is 0.341 e. The third-order valence-electron chi connectivity index (χ3n) is 4.55. The maximum absolute atomic E-state index is 12.7. The molecule has 1 amide bonds. The zero-order chi connectivity index (χ0) is 25.0. The van der Waals surface area contributed by atoms with E-state index >= 15 is 0 Å². The molecule has 34 heavy (non-hydrogen) atoms. The summed E-state index contributed by atoms with van der Waals surface area (Å²) < 4.78 is 16.1. The van der Waals surface area contributed by atoms with Crippen molar-refractivity contribution in [3.05, 3.63) is 73.0 Å². The summed E-state index contributed by atoms with van der Waals surface area (Å²) in [7, 11) is 0. The van der Waals surface area contributed by atoms with E-state index in [-0.39, 0.29) is 57.5 Å². The number of furan rings is 1. The molecule has 2 heterocycles. The van der Waals surface area contributed by atoms with Crippen LogP contribution >= 0.6 is 22.9 Å². The van der Waals surface area contributed by atoms with E-state index in [1.165, 1.54) is 31.2 Å². The Morgan fingerprint density at radius 3 is 2.59 bits per heavy atom. The molecule has 0 aliphatic heterocycles. The highest BCUT2D eigenvalue weighted by Gasteiger charge is 2.26. The Hall–Kier alpha value is -3.70. The second kappa shape index (κ2) is 10.5. The molecule has 10 nitrogen and oxygen atoms in total. The standard InChI is InChI=1S/C22H19ClN2O8S/c1-4-31-22(28)18-11(2)19(12(3)26)34-21(18)24-20(27)17-8-6-14(33-17)10-32-16-7-5-13(25(29)30)9-15(16)23/h5-9H,4,10H2,1-3H3,(H,24,27). The highest BCUT2D eigenvalue weighted by atomic mass is 35.5. The second-order valence-corrected chi connectivity index (χ2v) is 8.35. The summed E-state index contributed by atoms with van der Waals surface area (Å²) in [5.74, 6) is -1.08. The van der Waals surface area contributed by atoms with Crippen molar-refractivity contribution in [2.45, 2.75) is 27.4 Å². The molecule has 1 N–H and O–H groups in total. The number of thiophene rings is 1. The SMILES string of the molecule is CCOC(=O)c1c(NC(=O)c2ccc(COc3ccc([N+](=O)[O-])cc3Cl)o2)sc(C(C)=O)c1C. The molecule has 178 valence electrons. The molecule has 1 aromatic carbocycles. The molecule has 2 aromatic heterocycles. The number of nitro groups is 1. The number of hydrogen-bond donors (Lipinski definition) is 1. The number of ether oxygens (including phenoxy) is 2. The van der Waals surface area contributed by atoms with Crippen LogP contribution < -0.4 is 10.1 Å². The average Bonchev–Trinajstić information content (AvgIpc) is 3.37. The number of nitrogens with zero attached hydrogens (tertiary/aromatic N) is 1. The monoisotopic (exact) mass is 506 g/mol. The van der Waals surface area contributed by atoms with Crippen molar-refractivity contribution in [3.63, 3.8) is 0 Å². The summed E-state index contributed by atoms with van der Waals surface area (Å²) in [5.41, 5.74) is 0.376. The highest BCUT2D eigenvalue weighted by Crippen LogP contribution is 2.34. The maximum atomic E-state index is 12.7. The summed E-state index contributed by atoms with van der Waals surface area (Å²) in [6, 6.07) is 6.71. The Balaban J connectivity index is 1.74. The van der Waals surface area contributed by atoms with Gasteiger partial charge in [0, 0.05) is 12.1 Å². The van der Waals surface area contributed by atoms with Crippen LogP contribution in [0.1, 0.15) is 55.8 Å². The number of amides is 1. The van der Waals surface area contributed by atoms with Crippen LogP contribution in [0.5, 0.6) is 5.75 Å². The van der Waals surface area contributed by atoms with E-state index < -0.39 is 16.8 Å². The number of non-ortho nitro benzene ring substituents is 1. The lowest BCUT2D eigenvalue weighted by Gasteiger charge is -2.07. The van der Waals surface area contributed by atoms with Gasteiger partial charge in [0.2, 0.25) is 0 Å². The molecule has 12 heteroatoms. The van der Waals surface area contributed by atoms with Gasteiger partial charge < -0.3 is 19.2 Å². The lowest BCUT2D eigenvalue weighted by Crippen LogP contribution is -2.14. The number of benzene rings is 1. The van der Waals surface area contributed by atoms with E-state index in [1.54, 1.807) is 13.8 Å². The minimum atomic E-state index is -0.646. The number of rotatable bonds is 9. The summed E-state index contributed by atoms with van der Waals surface area (Å²) in [6.45, 7) is 4.68. The number of nitro benzene ring substituents is 1. The van der Waals surface area contributed by atoms with Gasteiger partial charge in [-0.05, 0) is 44.5 Å². The van der Waals surface area contributed by atoms with Gasteiger partial charge in [-0.25, -0.2) is 4.79 Å². The van der Waals surface area contributed by atoms with Gasteiger partial charge in [-0.2, -0.15) is 0 Å².